The quantitative estimate of drug-likeness (QED) is 0.807. The van der Waals surface area contributed by atoms with Gasteiger partial charge < -0.3 is 10.4 Å². The highest BCUT2D eigenvalue weighted by molar-refractivity contribution is 7.14. The molecule has 0 saturated carbocycles. The second kappa shape index (κ2) is 6.16. The molecule has 0 aliphatic rings. The Labute approximate surface area is 119 Å². The first-order valence-corrected chi connectivity index (χ1v) is 6.75. The van der Waals surface area contributed by atoms with Crippen LogP contribution in [0.4, 0.5) is 9.80 Å². The maximum atomic E-state index is 11.8. The summed E-state index contributed by atoms with van der Waals surface area (Å²) in [5.74, 6) is -1.07. The van der Waals surface area contributed by atoms with Crippen molar-refractivity contribution in [3.05, 3.63) is 47.1 Å². The Hall–Kier alpha value is -2.41. The van der Waals surface area contributed by atoms with Crippen LogP contribution in [0, 0.1) is 0 Å². The lowest BCUT2D eigenvalue weighted by Gasteiger charge is -2.13. The van der Waals surface area contributed by atoms with Gasteiger partial charge >= 0.3 is 12.0 Å². The van der Waals surface area contributed by atoms with Crippen molar-refractivity contribution < 1.29 is 14.7 Å². The van der Waals surface area contributed by atoms with Crippen molar-refractivity contribution in [2.75, 3.05) is 5.32 Å². The maximum Gasteiger partial charge on any atom is 0.338 e. The van der Waals surface area contributed by atoms with Gasteiger partial charge in [0.1, 0.15) is 5.00 Å². The molecular weight excluding hydrogens is 278 g/mol. The van der Waals surface area contributed by atoms with E-state index in [2.05, 4.69) is 15.6 Å². The van der Waals surface area contributed by atoms with Crippen LogP contribution >= 0.6 is 11.3 Å². The van der Waals surface area contributed by atoms with Crippen LogP contribution in [0.3, 0.4) is 0 Å². The Kier molecular flexibility index (Phi) is 4.31. The molecule has 20 heavy (non-hydrogen) atoms. The summed E-state index contributed by atoms with van der Waals surface area (Å²) in [4.78, 5) is 26.9. The van der Waals surface area contributed by atoms with Gasteiger partial charge in [-0.2, -0.15) is 0 Å². The van der Waals surface area contributed by atoms with Crippen molar-refractivity contribution in [1.29, 1.82) is 0 Å². The Morgan fingerprint density at radius 1 is 1.35 bits per heavy atom. The molecule has 2 rings (SSSR count). The number of aromatic nitrogens is 1. The van der Waals surface area contributed by atoms with E-state index in [-0.39, 0.29) is 11.6 Å². The van der Waals surface area contributed by atoms with E-state index in [4.69, 9.17) is 5.11 Å². The SMILES string of the molecule is CC(NC(=O)Nc1sccc1C(=O)O)c1ccccn1. The third kappa shape index (κ3) is 3.33. The molecule has 2 amide bonds. The lowest BCUT2D eigenvalue weighted by atomic mass is 10.2. The fraction of sp³-hybridized carbons (Fsp3) is 0.154. The average Bonchev–Trinajstić information content (AvgIpc) is 2.87. The first-order chi connectivity index (χ1) is 9.58. The number of pyridine rings is 1. The number of amides is 2. The van der Waals surface area contributed by atoms with E-state index in [1.54, 1.807) is 30.6 Å². The Morgan fingerprint density at radius 2 is 2.15 bits per heavy atom. The molecule has 2 aromatic heterocycles. The molecule has 0 aliphatic heterocycles. The third-order valence-corrected chi connectivity index (χ3v) is 3.43. The predicted molar refractivity (Wildman–Crippen MR) is 76.1 cm³/mol. The number of carbonyl (C=O) groups is 2. The summed E-state index contributed by atoms with van der Waals surface area (Å²) in [6, 6.07) is 6.14. The standard InChI is InChI=1S/C13H13N3O3S/c1-8(10-4-2-3-6-14-10)15-13(19)16-11-9(12(17)18)5-7-20-11/h2-8H,1H3,(H,17,18)(H2,15,16,19). The zero-order valence-electron chi connectivity index (χ0n) is 10.7. The number of carbonyl (C=O) groups excluding carboxylic acids is 1. The van der Waals surface area contributed by atoms with Crippen molar-refractivity contribution in [3.63, 3.8) is 0 Å². The number of rotatable bonds is 4. The Bertz CT molecular complexity index is 612. The number of hydrogen-bond donors (Lipinski definition) is 3. The molecule has 2 heterocycles. The summed E-state index contributed by atoms with van der Waals surface area (Å²) in [5.41, 5.74) is 0.808. The molecule has 0 aliphatic carbocycles. The summed E-state index contributed by atoms with van der Waals surface area (Å²) >= 11 is 1.16. The highest BCUT2D eigenvalue weighted by atomic mass is 32.1. The second-order valence-corrected chi connectivity index (χ2v) is 4.96. The second-order valence-electron chi connectivity index (χ2n) is 4.04. The minimum Gasteiger partial charge on any atom is -0.478 e. The van der Waals surface area contributed by atoms with Crippen LogP contribution < -0.4 is 10.6 Å². The summed E-state index contributed by atoms with van der Waals surface area (Å²) in [5, 5.41) is 16.1. The molecule has 2 aromatic rings. The summed E-state index contributed by atoms with van der Waals surface area (Å²) in [7, 11) is 0. The van der Waals surface area contributed by atoms with Crippen LogP contribution in [0.2, 0.25) is 0 Å². The maximum absolute atomic E-state index is 11.8. The van der Waals surface area contributed by atoms with Gasteiger partial charge in [0.2, 0.25) is 0 Å². The molecule has 1 atom stereocenters. The van der Waals surface area contributed by atoms with E-state index in [1.165, 1.54) is 6.07 Å². The molecule has 0 fully saturated rings. The third-order valence-electron chi connectivity index (χ3n) is 2.60. The smallest absolute Gasteiger partial charge is 0.338 e. The van der Waals surface area contributed by atoms with Crippen LogP contribution in [0.15, 0.2) is 35.8 Å². The monoisotopic (exact) mass is 291 g/mol. The zero-order valence-corrected chi connectivity index (χ0v) is 11.5. The van der Waals surface area contributed by atoms with Gasteiger partial charge in [0.25, 0.3) is 0 Å². The van der Waals surface area contributed by atoms with Crippen molar-refractivity contribution in [3.8, 4) is 0 Å². The molecule has 6 nitrogen and oxygen atoms in total. The largest absolute Gasteiger partial charge is 0.478 e. The van der Waals surface area contributed by atoms with Gasteiger partial charge in [0.05, 0.1) is 17.3 Å². The van der Waals surface area contributed by atoms with Crippen molar-refractivity contribution in [1.82, 2.24) is 10.3 Å². The average molecular weight is 291 g/mol. The topological polar surface area (TPSA) is 91.3 Å². The van der Waals surface area contributed by atoms with Crippen LogP contribution in [0.1, 0.15) is 29.0 Å². The van der Waals surface area contributed by atoms with Gasteiger partial charge in [-0.3, -0.25) is 10.3 Å². The van der Waals surface area contributed by atoms with E-state index >= 15 is 0 Å². The molecule has 3 N–H and O–H groups in total. The predicted octanol–water partition coefficient (Wildman–Crippen LogP) is 2.72. The normalized spacial score (nSPS) is 11.7. The number of urea groups is 1. The molecule has 0 bridgehead atoms. The molecule has 0 spiro atoms. The van der Waals surface area contributed by atoms with Gasteiger partial charge in [-0.05, 0) is 30.5 Å². The number of hydrogen-bond acceptors (Lipinski definition) is 4. The molecule has 0 saturated heterocycles. The molecule has 1 unspecified atom stereocenters. The van der Waals surface area contributed by atoms with Gasteiger partial charge in [-0.15, -0.1) is 11.3 Å². The molecular formula is C13H13N3O3S. The van der Waals surface area contributed by atoms with Gasteiger partial charge in [-0.25, -0.2) is 9.59 Å². The number of carboxylic acid groups (broad SMARTS) is 1. The molecule has 104 valence electrons. The number of carboxylic acids is 1. The number of thiophene rings is 1. The van der Waals surface area contributed by atoms with E-state index in [0.717, 1.165) is 17.0 Å². The van der Waals surface area contributed by atoms with Gasteiger partial charge in [0, 0.05) is 6.20 Å². The fourth-order valence-electron chi connectivity index (χ4n) is 1.62. The number of anilines is 1. The van der Waals surface area contributed by atoms with Crippen molar-refractivity contribution in [2.45, 2.75) is 13.0 Å². The Morgan fingerprint density at radius 3 is 2.80 bits per heavy atom. The highest BCUT2D eigenvalue weighted by Gasteiger charge is 2.15. The van der Waals surface area contributed by atoms with E-state index in [9.17, 15) is 9.59 Å². The van der Waals surface area contributed by atoms with Crippen LogP contribution in [-0.4, -0.2) is 22.1 Å². The van der Waals surface area contributed by atoms with E-state index < -0.39 is 12.0 Å². The van der Waals surface area contributed by atoms with E-state index in [0.29, 0.717) is 5.00 Å². The molecule has 0 radical (unpaired) electrons. The Balaban J connectivity index is 1.99. The van der Waals surface area contributed by atoms with Crippen molar-refractivity contribution in [2.24, 2.45) is 0 Å². The van der Waals surface area contributed by atoms with Crippen molar-refractivity contribution >= 4 is 28.3 Å². The summed E-state index contributed by atoms with van der Waals surface area (Å²) in [6.45, 7) is 1.80. The first kappa shape index (κ1) is 14.0. The summed E-state index contributed by atoms with van der Waals surface area (Å²) < 4.78 is 0. The lowest BCUT2D eigenvalue weighted by Crippen LogP contribution is -2.31. The van der Waals surface area contributed by atoms with Crippen LogP contribution in [-0.2, 0) is 0 Å². The molecule has 7 heteroatoms. The van der Waals surface area contributed by atoms with Gasteiger partial charge in [-0.1, -0.05) is 6.07 Å². The van der Waals surface area contributed by atoms with Crippen LogP contribution in [0.25, 0.3) is 0 Å². The van der Waals surface area contributed by atoms with Gasteiger partial charge in [0.15, 0.2) is 0 Å². The lowest BCUT2D eigenvalue weighted by molar-refractivity contribution is 0.0698. The zero-order chi connectivity index (χ0) is 14.5. The van der Waals surface area contributed by atoms with Crippen LogP contribution in [0.5, 0.6) is 0 Å². The fourth-order valence-corrected chi connectivity index (χ4v) is 2.39. The minimum absolute atomic E-state index is 0.0793. The number of aromatic carboxylic acids is 1. The first-order valence-electron chi connectivity index (χ1n) is 5.87. The summed E-state index contributed by atoms with van der Waals surface area (Å²) in [6.07, 6.45) is 1.65. The number of nitrogens with one attached hydrogen (secondary N) is 2. The minimum atomic E-state index is -1.07. The van der Waals surface area contributed by atoms with E-state index in [1.807, 2.05) is 6.07 Å². The number of nitrogens with zero attached hydrogens (tertiary/aromatic N) is 1. The molecule has 0 aromatic carbocycles. The highest BCUT2D eigenvalue weighted by Crippen LogP contribution is 2.23.